The van der Waals surface area contributed by atoms with Gasteiger partial charge < -0.3 is 14.3 Å². The average molecular weight is 380 g/mol. The van der Waals surface area contributed by atoms with Crippen LogP contribution in [0.15, 0.2) is 29.4 Å². The number of carbonyl (C=O) groups is 3. The molecule has 1 rings (SSSR count). The van der Waals surface area contributed by atoms with Crippen LogP contribution in [0, 0.1) is 10.1 Å². The topological polar surface area (TPSA) is 134 Å². The zero-order valence-corrected chi connectivity index (χ0v) is 15.4. The van der Waals surface area contributed by atoms with Crippen LogP contribution in [-0.4, -0.2) is 40.6 Å². The quantitative estimate of drug-likeness (QED) is 0.219. The minimum atomic E-state index is -1.05. The molecular weight excluding hydrogens is 360 g/mol. The molecule has 0 saturated heterocycles. The number of hydrogen-bond donors (Lipinski definition) is 0. The van der Waals surface area contributed by atoms with Crippen molar-refractivity contribution < 1.29 is 33.6 Å². The van der Waals surface area contributed by atoms with Crippen LogP contribution in [0.3, 0.4) is 0 Å². The fraction of sp³-hybridized carbons (Fsp3) is 0.412. The van der Waals surface area contributed by atoms with Crippen LogP contribution in [-0.2, 0) is 35.3 Å². The Morgan fingerprint density at radius 3 is 2.22 bits per heavy atom. The summed E-state index contributed by atoms with van der Waals surface area (Å²) in [6, 6.07) is 5.34. The molecule has 1 aromatic carbocycles. The van der Waals surface area contributed by atoms with Gasteiger partial charge in [-0.25, -0.2) is 9.59 Å². The molecule has 0 heterocycles. The number of ketones is 1. The molecule has 0 amide bonds. The number of benzene rings is 1. The van der Waals surface area contributed by atoms with Gasteiger partial charge in [-0.1, -0.05) is 5.16 Å². The fourth-order valence-corrected chi connectivity index (χ4v) is 1.70. The van der Waals surface area contributed by atoms with Crippen molar-refractivity contribution in [1.82, 2.24) is 0 Å². The van der Waals surface area contributed by atoms with E-state index in [9.17, 15) is 24.5 Å². The molecule has 0 unspecified atom stereocenters. The lowest BCUT2D eigenvalue weighted by molar-refractivity contribution is -0.384. The summed E-state index contributed by atoms with van der Waals surface area (Å²) < 4.78 is 9.92. The Kier molecular flexibility index (Phi) is 7.58. The minimum Gasteiger partial charge on any atom is -0.457 e. The molecule has 0 aliphatic heterocycles. The van der Waals surface area contributed by atoms with E-state index < -0.39 is 40.6 Å². The van der Waals surface area contributed by atoms with Gasteiger partial charge in [-0.05, 0) is 38.5 Å². The highest BCUT2D eigenvalue weighted by Gasteiger charge is 2.21. The Balaban J connectivity index is 2.63. The maximum atomic E-state index is 12.0. The molecule has 1 aromatic rings. The van der Waals surface area contributed by atoms with E-state index in [0.717, 1.165) is 6.92 Å². The summed E-state index contributed by atoms with van der Waals surface area (Å²) in [4.78, 5) is 49.7. The molecule has 10 heteroatoms. The number of nitro benzene ring substituents is 1. The Bertz CT molecular complexity index is 747. The number of esters is 2. The molecule has 0 saturated carbocycles. The third kappa shape index (κ3) is 8.08. The number of nitro groups is 1. The van der Waals surface area contributed by atoms with Gasteiger partial charge in [-0.3, -0.25) is 14.9 Å². The van der Waals surface area contributed by atoms with Gasteiger partial charge in [0.1, 0.15) is 12.2 Å². The summed E-state index contributed by atoms with van der Waals surface area (Å²) in [5.74, 6) is -2.48. The van der Waals surface area contributed by atoms with Crippen molar-refractivity contribution in [2.24, 2.45) is 5.16 Å². The second-order valence-corrected chi connectivity index (χ2v) is 6.36. The number of oxime groups is 1. The van der Waals surface area contributed by atoms with Gasteiger partial charge in [0.05, 0.1) is 4.92 Å². The van der Waals surface area contributed by atoms with E-state index in [2.05, 4.69) is 5.16 Å². The predicted molar refractivity (Wildman–Crippen MR) is 92.8 cm³/mol. The highest BCUT2D eigenvalue weighted by Crippen LogP contribution is 2.12. The minimum absolute atomic E-state index is 0.105. The maximum absolute atomic E-state index is 12.0. The van der Waals surface area contributed by atoms with Crippen molar-refractivity contribution in [3.63, 3.8) is 0 Å². The summed E-state index contributed by atoms with van der Waals surface area (Å²) in [6.45, 7) is 5.29. The molecule has 0 fully saturated rings. The molecule has 0 aromatic heterocycles. The zero-order chi connectivity index (χ0) is 20.6. The third-order valence-electron chi connectivity index (χ3n) is 2.80. The lowest BCUT2D eigenvalue weighted by Crippen LogP contribution is -2.27. The second-order valence-electron chi connectivity index (χ2n) is 6.36. The van der Waals surface area contributed by atoms with Gasteiger partial charge >= 0.3 is 11.9 Å². The van der Waals surface area contributed by atoms with E-state index in [0.29, 0.717) is 5.56 Å². The van der Waals surface area contributed by atoms with Gasteiger partial charge in [0.25, 0.3) is 5.69 Å². The monoisotopic (exact) mass is 380 g/mol. The molecule has 0 N–H and O–H groups in total. The molecule has 27 heavy (non-hydrogen) atoms. The number of non-ortho nitro benzene ring substituents is 1. The summed E-state index contributed by atoms with van der Waals surface area (Å²) in [5, 5.41) is 13.9. The zero-order valence-electron chi connectivity index (χ0n) is 15.4. The summed E-state index contributed by atoms with van der Waals surface area (Å²) in [5.41, 5.74) is -0.962. The fourth-order valence-electron chi connectivity index (χ4n) is 1.70. The number of rotatable bonds is 8. The van der Waals surface area contributed by atoms with Gasteiger partial charge in [-0.2, -0.15) is 0 Å². The van der Waals surface area contributed by atoms with E-state index in [1.807, 2.05) is 0 Å². The first-order chi connectivity index (χ1) is 12.5. The SMILES string of the molecule is CC(=O)C(=NOCC(=O)OC(C)(C)C)C(=O)OCc1ccc([N+](=O)[O-])cc1. The van der Waals surface area contributed by atoms with Crippen molar-refractivity contribution in [2.45, 2.75) is 39.9 Å². The Morgan fingerprint density at radius 2 is 1.74 bits per heavy atom. The summed E-state index contributed by atoms with van der Waals surface area (Å²) >= 11 is 0. The Labute approximate surface area is 155 Å². The number of hydrogen-bond acceptors (Lipinski definition) is 9. The van der Waals surface area contributed by atoms with Crippen molar-refractivity contribution in [2.75, 3.05) is 6.61 Å². The first-order valence-corrected chi connectivity index (χ1v) is 7.83. The molecular formula is C17H20N2O8. The van der Waals surface area contributed by atoms with E-state index in [1.54, 1.807) is 20.8 Å². The van der Waals surface area contributed by atoms with Crippen molar-refractivity contribution >= 4 is 29.1 Å². The van der Waals surface area contributed by atoms with Crippen molar-refractivity contribution in [3.05, 3.63) is 39.9 Å². The molecule has 0 atom stereocenters. The summed E-state index contributed by atoms with van der Waals surface area (Å²) in [6.07, 6.45) is 0. The Hall–Kier alpha value is -3.30. The number of carbonyl (C=O) groups excluding carboxylic acids is 3. The third-order valence-corrected chi connectivity index (χ3v) is 2.80. The average Bonchev–Trinajstić information content (AvgIpc) is 2.55. The van der Waals surface area contributed by atoms with Crippen LogP contribution >= 0.6 is 0 Å². The van der Waals surface area contributed by atoms with Crippen LogP contribution in [0.4, 0.5) is 5.69 Å². The highest BCUT2D eigenvalue weighted by atomic mass is 16.7. The number of Topliss-reactive ketones (excluding diaryl/α,β-unsaturated/α-hetero) is 1. The van der Waals surface area contributed by atoms with Crippen molar-refractivity contribution in [1.29, 1.82) is 0 Å². The highest BCUT2D eigenvalue weighted by molar-refractivity contribution is 6.63. The van der Waals surface area contributed by atoms with E-state index >= 15 is 0 Å². The Morgan fingerprint density at radius 1 is 1.15 bits per heavy atom. The molecule has 0 aliphatic carbocycles. The molecule has 146 valence electrons. The van der Waals surface area contributed by atoms with Crippen LogP contribution in [0.25, 0.3) is 0 Å². The van der Waals surface area contributed by atoms with Crippen LogP contribution in [0.5, 0.6) is 0 Å². The molecule has 0 bridgehead atoms. The lowest BCUT2D eigenvalue weighted by Gasteiger charge is -2.18. The van der Waals surface area contributed by atoms with Crippen LogP contribution in [0.1, 0.15) is 33.3 Å². The van der Waals surface area contributed by atoms with Gasteiger partial charge in [-0.15, -0.1) is 0 Å². The smallest absolute Gasteiger partial charge is 0.364 e. The summed E-state index contributed by atoms with van der Waals surface area (Å²) in [7, 11) is 0. The molecule has 0 aliphatic rings. The first-order valence-electron chi connectivity index (χ1n) is 7.83. The maximum Gasteiger partial charge on any atom is 0.364 e. The van der Waals surface area contributed by atoms with Gasteiger partial charge in [0.2, 0.25) is 12.3 Å². The molecule has 0 spiro atoms. The van der Waals surface area contributed by atoms with Crippen LogP contribution in [0.2, 0.25) is 0 Å². The van der Waals surface area contributed by atoms with Gasteiger partial charge in [0.15, 0.2) is 5.78 Å². The van der Waals surface area contributed by atoms with Crippen molar-refractivity contribution in [3.8, 4) is 0 Å². The number of ether oxygens (including phenoxy) is 2. The molecule has 10 nitrogen and oxygen atoms in total. The standard InChI is InChI=1S/C17H20N2O8/c1-11(20)15(18-26-10-14(21)27-17(2,3)4)16(22)25-9-12-5-7-13(8-6-12)19(23)24/h5-8H,9-10H2,1-4H3. The molecule has 0 radical (unpaired) electrons. The number of nitrogens with zero attached hydrogens (tertiary/aromatic N) is 2. The normalized spacial score (nSPS) is 11.5. The largest absolute Gasteiger partial charge is 0.457 e. The first kappa shape index (κ1) is 21.7. The van der Waals surface area contributed by atoms with E-state index in [4.69, 9.17) is 14.3 Å². The second kappa shape index (κ2) is 9.41. The van der Waals surface area contributed by atoms with E-state index in [-0.39, 0.29) is 12.3 Å². The lowest BCUT2D eigenvalue weighted by atomic mass is 10.2. The van der Waals surface area contributed by atoms with E-state index in [1.165, 1.54) is 24.3 Å². The predicted octanol–water partition coefficient (Wildman–Crippen LogP) is 1.94. The van der Waals surface area contributed by atoms with Gasteiger partial charge in [0, 0.05) is 19.1 Å². The van der Waals surface area contributed by atoms with Crippen LogP contribution < -0.4 is 0 Å².